The first-order valence-corrected chi connectivity index (χ1v) is 15.5. The van der Waals surface area contributed by atoms with Crippen LogP contribution >= 0.6 is 20.7 Å². The first-order chi connectivity index (χ1) is 13.5. The Morgan fingerprint density at radius 3 is 2.11 bits per heavy atom. The van der Waals surface area contributed by atoms with E-state index in [2.05, 4.69) is 34.4 Å². The summed E-state index contributed by atoms with van der Waals surface area (Å²) in [6.07, 6.45) is 18.2. The SMILES string of the molecule is CC(C)(N1CCC2(CCCC(CN3CCC4(CCCC4)CC3)C2)CC1)[SH]1CS1. The molecule has 0 aromatic rings. The molecule has 2 nitrogen and oxygen atoms in total. The van der Waals surface area contributed by atoms with Crippen LogP contribution < -0.4 is 0 Å². The van der Waals surface area contributed by atoms with E-state index >= 15 is 0 Å². The molecule has 0 aromatic carbocycles. The second kappa shape index (κ2) is 7.95. The summed E-state index contributed by atoms with van der Waals surface area (Å²) in [5, 5.41) is 1.46. The van der Waals surface area contributed by atoms with Crippen LogP contribution in [0.25, 0.3) is 0 Å². The molecule has 2 spiro atoms. The molecule has 3 heterocycles. The van der Waals surface area contributed by atoms with E-state index in [4.69, 9.17) is 0 Å². The maximum absolute atomic E-state index is 2.87. The van der Waals surface area contributed by atoms with Gasteiger partial charge in [0.05, 0.1) is 4.87 Å². The van der Waals surface area contributed by atoms with Crippen LogP contribution in [0.3, 0.4) is 0 Å². The first-order valence-electron chi connectivity index (χ1n) is 12.4. The molecular weight excluding hydrogens is 380 g/mol. The van der Waals surface area contributed by atoms with Crippen LogP contribution in [-0.4, -0.2) is 52.5 Å². The van der Waals surface area contributed by atoms with Crippen LogP contribution in [-0.2, 0) is 0 Å². The van der Waals surface area contributed by atoms with Crippen LogP contribution in [0.15, 0.2) is 0 Å². The average Bonchev–Trinajstić information content (AvgIpc) is 3.46. The van der Waals surface area contributed by atoms with Crippen molar-refractivity contribution in [2.45, 2.75) is 95.8 Å². The molecule has 2 atom stereocenters. The summed E-state index contributed by atoms with van der Waals surface area (Å²) in [4.78, 5) is 6.25. The Labute approximate surface area is 180 Å². The third-order valence-corrected chi connectivity index (χ3v) is 14.5. The van der Waals surface area contributed by atoms with Gasteiger partial charge in [-0.2, -0.15) is 9.93 Å². The number of thiol groups is 1. The van der Waals surface area contributed by atoms with E-state index in [-0.39, 0.29) is 9.93 Å². The monoisotopic (exact) mass is 424 g/mol. The summed E-state index contributed by atoms with van der Waals surface area (Å²) < 4.78 is 0. The van der Waals surface area contributed by atoms with Crippen molar-refractivity contribution in [1.82, 2.24) is 9.80 Å². The lowest BCUT2D eigenvalue weighted by Crippen LogP contribution is -2.50. The fourth-order valence-electron chi connectivity index (χ4n) is 7.42. The lowest BCUT2D eigenvalue weighted by atomic mass is 9.64. The molecule has 5 aliphatic rings. The van der Waals surface area contributed by atoms with Crippen molar-refractivity contribution in [3.63, 3.8) is 0 Å². The quantitative estimate of drug-likeness (QED) is 0.323. The summed E-state index contributed by atoms with van der Waals surface area (Å²) in [5.74, 6) is 0.995. The highest BCUT2D eigenvalue weighted by atomic mass is 33.2. The molecule has 162 valence electrons. The van der Waals surface area contributed by atoms with Gasteiger partial charge in [-0.05, 0) is 115 Å². The summed E-state index contributed by atoms with van der Waals surface area (Å²) >= 11 is 0. The van der Waals surface area contributed by atoms with Gasteiger partial charge in [-0.15, -0.1) is 10.8 Å². The molecule has 0 aromatic heterocycles. The summed E-state index contributed by atoms with van der Waals surface area (Å²) in [7, 11) is 2.50. The molecule has 5 rings (SSSR count). The second-order valence-corrected chi connectivity index (χ2v) is 16.8. The van der Waals surface area contributed by atoms with Crippen molar-refractivity contribution in [2.24, 2.45) is 16.7 Å². The molecule has 5 fully saturated rings. The van der Waals surface area contributed by atoms with Gasteiger partial charge in [0, 0.05) is 11.6 Å². The first kappa shape index (κ1) is 20.5. The minimum atomic E-state index is 0.263. The molecule has 3 aliphatic heterocycles. The molecular formula is C24H44N2S2. The Morgan fingerprint density at radius 2 is 1.46 bits per heavy atom. The van der Waals surface area contributed by atoms with Gasteiger partial charge in [-0.1, -0.05) is 19.3 Å². The van der Waals surface area contributed by atoms with Crippen LogP contribution in [0.5, 0.6) is 0 Å². The molecule has 28 heavy (non-hydrogen) atoms. The normalized spacial score (nSPS) is 37.5. The van der Waals surface area contributed by atoms with Gasteiger partial charge in [0.15, 0.2) is 0 Å². The molecule has 0 N–H and O–H groups in total. The molecule has 2 aliphatic carbocycles. The molecule has 2 unspecified atom stereocenters. The van der Waals surface area contributed by atoms with Gasteiger partial charge in [-0.25, -0.2) is 0 Å². The molecule has 0 amide bonds. The van der Waals surface area contributed by atoms with Crippen LogP contribution in [0.1, 0.15) is 90.9 Å². The fraction of sp³-hybridized carbons (Fsp3) is 1.00. The Morgan fingerprint density at radius 1 is 0.857 bits per heavy atom. The van der Waals surface area contributed by atoms with Crippen molar-refractivity contribution < 1.29 is 0 Å². The van der Waals surface area contributed by atoms with E-state index in [1.54, 1.807) is 19.3 Å². The van der Waals surface area contributed by atoms with E-state index in [1.165, 1.54) is 95.6 Å². The third kappa shape index (κ3) is 4.18. The maximum atomic E-state index is 2.87. The summed E-state index contributed by atoms with van der Waals surface area (Å²) in [6, 6.07) is 0. The number of hydrogen-bond acceptors (Lipinski definition) is 3. The van der Waals surface area contributed by atoms with Crippen LogP contribution in [0.4, 0.5) is 0 Å². The molecule has 3 saturated heterocycles. The number of nitrogens with zero attached hydrogens (tertiary/aromatic N) is 2. The van der Waals surface area contributed by atoms with Crippen molar-refractivity contribution in [1.29, 1.82) is 0 Å². The Hall–Kier alpha value is 0.620. The van der Waals surface area contributed by atoms with Crippen molar-refractivity contribution in [3.05, 3.63) is 0 Å². The van der Waals surface area contributed by atoms with Gasteiger partial charge in [0.25, 0.3) is 0 Å². The van der Waals surface area contributed by atoms with Crippen molar-refractivity contribution >= 4 is 20.7 Å². The standard InChI is InChI=1S/C24H44N2S2/c1-22(2,28-20-27-28)26-16-12-24(13-17-26)9-5-6-21(18-24)19-25-14-10-23(11-15-25)7-3-4-8-23/h21,28H,3-20H2,1-2H3. The number of piperidine rings is 2. The summed E-state index contributed by atoms with van der Waals surface area (Å²) in [6.45, 7) is 12.1. The van der Waals surface area contributed by atoms with Crippen LogP contribution in [0, 0.1) is 16.7 Å². The highest BCUT2D eigenvalue weighted by Gasteiger charge is 2.46. The topological polar surface area (TPSA) is 6.48 Å². The molecule has 4 heteroatoms. The largest absolute Gasteiger partial charge is 0.303 e. The zero-order chi connectivity index (χ0) is 19.2. The Bertz CT molecular complexity index is 535. The predicted molar refractivity (Wildman–Crippen MR) is 127 cm³/mol. The second-order valence-electron chi connectivity index (χ2n) is 11.6. The van der Waals surface area contributed by atoms with E-state index in [0.29, 0.717) is 10.3 Å². The third-order valence-electron chi connectivity index (χ3n) is 9.61. The van der Waals surface area contributed by atoms with Crippen molar-refractivity contribution in [3.8, 4) is 0 Å². The number of likely N-dealkylation sites (tertiary alicyclic amines) is 2. The van der Waals surface area contributed by atoms with Crippen molar-refractivity contribution in [2.75, 3.05) is 37.8 Å². The van der Waals surface area contributed by atoms with E-state index in [1.807, 2.05) is 0 Å². The predicted octanol–water partition coefficient (Wildman–Crippen LogP) is 6.27. The van der Waals surface area contributed by atoms with Gasteiger partial charge >= 0.3 is 0 Å². The maximum Gasteiger partial charge on any atom is 0.0524 e. The van der Waals surface area contributed by atoms with Gasteiger partial charge in [-0.3, -0.25) is 4.90 Å². The number of hydrogen-bond donors (Lipinski definition) is 1. The Kier molecular flexibility index (Phi) is 5.83. The zero-order valence-corrected chi connectivity index (χ0v) is 20.3. The van der Waals surface area contributed by atoms with Gasteiger partial charge in [0.1, 0.15) is 0 Å². The van der Waals surface area contributed by atoms with E-state index in [0.717, 1.165) is 11.3 Å². The average molecular weight is 425 g/mol. The highest BCUT2D eigenvalue weighted by Crippen LogP contribution is 2.69. The van der Waals surface area contributed by atoms with E-state index in [9.17, 15) is 0 Å². The lowest BCUT2D eigenvalue weighted by molar-refractivity contribution is 0.0127. The highest BCUT2D eigenvalue weighted by molar-refractivity contribution is 9.00. The van der Waals surface area contributed by atoms with Gasteiger partial charge in [0.2, 0.25) is 0 Å². The molecule has 2 saturated carbocycles. The molecule has 0 bridgehead atoms. The van der Waals surface area contributed by atoms with Gasteiger partial charge < -0.3 is 4.90 Å². The summed E-state index contributed by atoms with van der Waals surface area (Å²) in [5.41, 5.74) is 1.49. The van der Waals surface area contributed by atoms with E-state index < -0.39 is 0 Å². The lowest BCUT2D eigenvalue weighted by Gasteiger charge is -2.51. The fourth-order valence-corrected chi connectivity index (χ4v) is 11.6. The van der Waals surface area contributed by atoms with Crippen LogP contribution in [0.2, 0.25) is 0 Å². The Balaban J connectivity index is 1.12. The number of rotatable bonds is 4. The zero-order valence-electron chi connectivity index (χ0n) is 18.6. The smallest absolute Gasteiger partial charge is 0.0524 e. The minimum Gasteiger partial charge on any atom is -0.303 e. The molecule has 0 radical (unpaired) electrons. The minimum absolute atomic E-state index is 0.263.